The second-order valence-corrected chi connectivity index (χ2v) is 3.56. The Hall–Kier alpha value is -1.24. The molecule has 0 aliphatic carbocycles. The van der Waals surface area contributed by atoms with Gasteiger partial charge < -0.3 is 4.74 Å². The number of amides is 1. The van der Waals surface area contributed by atoms with Gasteiger partial charge in [0.1, 0.15) is 0 Å². The second kappa shape index (κ2) is 6.28. The molecule has 6 heteroatoms. The third-order valence-electron chi connectivity index (χ3n) is 1.58. The molecule has 1 amide bonds. The van der Waals surface area contributed by atoms with Gasteiger partial charge in [0.2, 0.25) is 0 Å². The summed E-state index contributed by atoms with van der Waals surface area (Å²) >= 11 is 1.24. The SMILES string of the molecule is CC=CCOCc1csc(C(=O)NN)n1. The summed E-state index contributed by atoms with van der Waals surface area (Å²) < 4.78 is 5.28. The summed E-state index contributed by atoms with van der Waals surface area (Å²) in [5.74, 6) is 4.60. The second-order valence-electron chi connectivity index (χ2n) is 2.70. The van der Waals surface area contributed by atoms with Crippen LogP contribution in [0.15, 0.2) is 17.5 Å². The van der Waals surface area contributed by atoms with Gasteiger partial charge in [-0.05, 0) is 6.92 Å². The third-order valence-corrected chi connectivity index (χ3v) is 2.47. The normalized spacial score (nSPS) is 10.8. The summed E-state index contributed by atoms with van der Waals surface area (Å²) in [5, 5.41) is 2.13. The molecular weight excluding hydrogens is 214 g/mol. The van der Waals surface area contributed by atoms with Gasteiger partial charge in [-0.3, -0.25) is 10.2 Å². The van der Waals surface area contributed by atoms with Crippen LogP contribution in [0.2, 0.25) is 0 Å². The van der Waals surface area contributed by atoms with Crippen LogP contribution >= 0.6 is 11.3 Å². The fraction of sp³-hybridized carbons (Fsp3) is 0.333. The Morgan fingerprint density at radius 3 is 3.27 bits per heavy atom. The average molecular weight is 227 g/mol. The molecule has 1 rings (SSSR count). The highest BCUT2D eigenvalue weighted by molar-refractivity contribution is 7.11. The fourth-order valence-corrected chi connectivity index (χ4v) is 1.57. The van der Waals surface area contributed by atoms with Gasteiger partial charge >= 0.3 is 0 Å². The zero-order valence-electron chi connectivity index (χ0n) is 8.40. The number of nitrogens with zero attached hydrogens (tertiary/aromatic N) is 1. The van der Waals surface area contributed by atoms with E-state index in [4.69, 9.17) is 10.6 Å². The van der Waals surface area contributed by atoms with Crippen molar-refractivity contribution in [1.29, 1.82) is 0 Å². The number of thiazole rings is 1. The molecule has 82 valence electrons. The molecule has 0 fully saturated rings. The van der Waals surface area contributed by atoms with Gasteiger partial charge in [-0.1, -0.05) is 12.2 Å². The van der Waals surface area contributed by atoms with Crippen molar-refractivity contribution in [2.24, 2.45) is 5.84 Å². The van der Waals surface area contributed by atoms with Crippen molar-refractivity contribution in [3.63, 3.8) is 0 Å². The van der Waals surface area contributed by atoms with E-state index >= 15 is 0 Å². The first-order valence-electron chi connectivity index (χ1n) is 4.42. The van der Waals surface area contributed by atoms with Crippen LogP contribution in [-0.2, 0) is 11.3 Å². The fourth-order valence-electron chi connectivity index (χ4n) is 0.867. The number of hydrogen-bond donors (Lipinski definition) is 2. The van der Waals surface area contributed by atoms with E-state index in [1.165, 1.54) is 11.3 Å². The molecule has 0 saturated carbocycles. The maximum absolute atomic E-state index is 11.1. The minimum atomic E-state index is -0.375. The number of rotatable bonds is 5. The minimum absolute atomic E-state index is 0.349. The molecule has 0 aliphatic heterocycles. The summed E-state index contributed by atoms with van der Waals surface area (Å²) in [4.78, 5) is 15.1. The molecule has 5 nitrogen and oxygen atoms in total. The average Bonchev–Trinajstić information content (AvgIpc) is 2.72. The number of carbonyl (C=O) groups is 1. The van der Waals surface area contributed by atoms with Crippen LogP contribution in [0.5, 0.6) is 0 Å². The van der Waals surface area contributed by atoms with Gasteiger partial charge in [0.25, 0.3) is 5.91 Å². The Morgan fingerprint density at radius 1 is 1.80 bits per heavy atom. The molecule has 0 radical (unpaired) electrons. The van der Waals surface area contributed by atoms with Gasteiger partial charge in [-0.25, -0.2) is 10.8 Å². The number of hydrogen-bond acceptors (Lipinski definition) is 5. The van der Waals surface area contributed by atoms with E-state index in [0.29, 0.717) is 18.2 Å². The molecule has 1 heterocycles. The highest BCUT2D eigenvalue weighted by Gasteiger charge is 2.08. The monoisotopic (exact) mass is 227 g/mol. The lowest BCUT2D eigenvalue weighted by molar-refractivity contribution is 0.0952. The smallest absolute Gasteiger partial charge is 0.294 e. The Morgan fingerprint density at radius 2 is 2.60 bits per heavy atom. The highest BCUT2D eigenvalue weighted by Crippen LogP contribution is 2.10. The van der Waals surface area contributed by atoms with E-state index in [0.717, 1.165) is 5.69 Å². The lowest BCUT2D eigenvalue weighted by atomic mass is 10.5. The maximum Gasteiger partial charge on any atom is 0.294 e. The predicted octanol–water partition coefficient (Wildman–Crippen LogP) is 0.839. The number of allylic oxidation sites excluding steroid dienone is 1. The first-order valence-corrected chi connectivity index (χ1v) is 5.30. The molecule has 3 N–H and O–H groups in total. The van der Waals surface area contributed by atoms with Crippen LogP contribution in [0.3, 0.4) is 0 Å². The molecular formula is C9H13N3O2S. The van der Waals surface area contributed by atoms with Crippen LogP contribution in [-0.4, -0.2) is 17.5 Å². The number of ether oxygens (including phenoxy) is 1. The van der Waals surface area contributed by atoms with E-state index in [2.05, 4.69) is 4.98 Å². The third kappa shape index (κ3) is 3.78. The van der Waals surface area contributed by atoms with E-state index in [1.807, 2.05) is 24.5 Å². The number of aromatic nitrogens is 1. The Balaban J connectivity index is 2.42. The number of hydrazine groups is 1. The topological polar surface area (TPSA) is 77.2 Å². The minimum Gasteiger partial charge on any atom is -0.371 e. The molecule has 1 aromatic heterocycles. The van der Waals surface area contributed by atoms with Crippen molar-refractivity contribution < 1.29 is 9.53 Å². The van der Waals surface area contributed by atoms with Crippen LogP contribution in [0.1, 0.15) is 22.4 Å². The van der Waals surface area contributed by atoms with Gasteiger partial charge in [-0.15, -0.1) is 11.3 Å². The van der Waals surface area contributed by atoms with E-state index < -0.39 is 0 Å². The highest BCUT2D eigenvalue weighted by atomic mass is 32.1. The lowest BCUT2D eigenvalue weighted by Crippen LogP contribution is -2.29. The predicted molar refractivity (Wildman–Crippen MR) is 58.2 cm³/mol. The van der Waals surface area contributed by atoms with E-state index in [1.54, 1.807) is 5.38 Å². The zero-order valence-corrected chi connectivity index (χ0v) is 9.21. The first kappa shape index (κ1) is 11.8. The van der Waals surface area contributed by atoms with Crippen LogP contribution in [0.25, 0.3) is 0 Å². The summed E-state index contributed by atoms with van der Waals surface area (Å²) in [6.07, 6.45) is 3.81. The van der Waals surface area contributed by atoms with Crippen molar-refractivity contribution in [3.05, 3.63) is 28.2 Å². The summed E-state index contributed by atoms with van der Waals surface area (Å²) in [7, 11) is 0. The van der Waals surface area contributed by atoms with Crippen LogP contribution in [0, 0.1) is 0 Å². The lowest BCUT2D eigenvalue weighted by Gasteiger charge is -1.96. The quantitative estimate of drug-likeness (QED) is 0.257. The number of carbonyl (C=O) groups excluding carboxylic acids is 1. The van der Waals surface area contributed by atoms with Gasteiger partial charge in [0.05, 0.1) is 18.9 Å². The summed E-state index contributed by atoms with van der Waals surface area (Å²) in [6, 6.07) is 0. The standard InChI is InChI=1S/C9H13N3O2S/c1-2-3-4-14-5-7-6-15-9(11-7)8(13)12-10/h2-3,6H,4-5,10H2,1H3,(H,12,13). The zero-order chi connectivity index (χ0) is 11.1. The van der Waals surface area contributed by atoms with Crippen LogP contribution < -0.4 is 11.3 Å². The molecule has 15 heavy (non-hydrogen) atoms. The number of nitrogens with two attached hydrogens (primary N) is 1. The van der Waals surface area contributed by atoms with Crippen molar-refractivity contribution in [2.75, 3.05) is 6.61 Å². The first-order chi connectivity index (χ1) is 7.27. The molecule has 0 spiro atoms. The molecule has 0 aromatic carbocycles. The molecule has 0 saturated heterocycles. The Kier molecular flexibility index (Phi) is 4.96. The van der Waals surface area contributed by atoms with Crippen molar-refractivity contribution in [1.82, 2.24) is 10.4 Å². The maximum atomic E-state index is 11.1. The molecule has 0 aliphatic rings. The van der Waals surface area contributed by atoms with Crippen molar-refractivity contribution >= 4 is 17.2 Å². The molecule has 0 bridgehead atoms. The summed E-state index contributed by atoms with van der Waals surface area (Å²) in [5.41, 5.74) is 2.77. The number of nitrogen functional groups attached to an aromatic ring is 1. The Bertz CT molecular complexity index is 349. The molecule has 0 atom stereocenters. The van der Waals surface area contributed by atoms with Gasteiger partial charge in [-0.2, -0.15) is 0 Å². The molecule has 1 aromatic rings. The number of nitrogens with one attached hydrogen (secondary N) is 1. The largest absolute Gasteiger partial charge is 0.371 e. The van der Waals surface area contributed by atoms with Crippen LogP contribution in [0.4, 0.5) is 0 Å². The van der Waals surface area contributed by atoms with Gasteiger partial charge in [0.15, 0.2) is 5.01 Å². The Labute approximate surface area is 91.9 Å². The van der Waals surface area contributed by atoms with Crippen molar-refractivity contribution in [3.8, 4) is 0 Å². The summed E-state index contributed by atoms with van der Waals surface area (Å²) in [6.45, 7) is 2.88. The van der Waals surface area contributed by atoms with E-state index in [-0.39, 0.29) is 5.91 Å². The molecule has 0 unspecified atom stereocenters. The van der Waals surface area contributed by atoms with E-state index in [9.17, 15) is 4.79 Å². The van der Waals surface area contributed by atoms with Gasteiger partial charge in [0, 0.05) is 5.38 Å². The van der Waals surface area contributed by atoms with Crippen molar-refractivity contribution in [2.45, 2.75) is 13.5 Å².